The maximum Gasteiger partial charge on any atom is 0.261 e. The molecule has 0 aliphatic heterocycles. The van der Waals surface area contributed by atoms with Gasteiger partial charge in [-0.1, -0.05) is 32.8 Å². The Bertz CT molecular complexity index is 1020. The normalized spacial score (nSPS) is 10.7. The van der Waals surface area contributed by atoms with Gasteiger partial charge < -0.3 is 20.4 Å². The molecule has 0 bridgehead atoms. The smallest absolute Gasteiger partial charge is 0.261 e. The first-order valence-electron chi connectivity index (χ1n) is 11.3. The van der Waals surface area contributed by atoms with Gasteiger partial charge in [-0.05, 0) is 48.6 Å². The number of carbonyl (C=O) groups is 3. The highest BCUT2D eigenvalue weighted by Crippen LogP contribution is 2.33. The van der Waals surface area contributed by atoms with Crippen molar-refractivity contribution in [3.63, 3.8) is 0 Å². The quantitative estimate of drug-likeness (QED) is 0.188. The van der Waals surface area contributed by atoms with E-state index < -0.39 is 11.8 Å². The van der Waals surface area contributed by atoms with E-state index in [4.69, 9.17) is 5.21 Å². The van der Waals surface area contributed by atoms with Gasteiger partial charge in [0.2, 0.25) is 11.8 Å². The van der Waals surface area contributed by atoms with Crippen molar-refractivity contribution >= 4 is 29.1 Å². The van der Waals surface area contributed by atoms with Gasteiger partial charge in [-0.25, -0.2) is 5.48 Å². The summed E-state index contributed by atoms with van der Waals surface area (Å²) in [6.45, 7) is 3.76. The fourth-order valence-electron chi connectivity index (χ4n) is 3.52. The number of anilines is 2. The number of phenolic OH excluding ortho intramolecular Hbond substituents is 2. The summed E-state index contributed by atoms with van der Waals surface area (Å²) in [7, 11) is 1.57. The van der Waals surface area contributed by atoms with Crippen LogP contribution < -0.4 is 15.7 Å². The number of aromatic hydroxyl groups is 2. The van der Waals surface area contributed by atoms with E-state index >= 15 is 0 Å². The van der Waals surface area contributed by atoms with Crippen LogP contribution in [0.4, 0.5) is 11.4 Å². The molecule has 3 amide bonds. The van der Waals surface area contributed by atoms with Crippen molar-refractivity contribution in [2.75, 3.05) is 17.3 Å². The summed E-state index contributed by atoms with van der Waals surface area (Å²) in [6.07, 6.45) is 3.46. The van der Waals surface area contributed by atoms with Gasteiger partial charge in [-0.15, -0.1) is 0 Å². The zero-order valence-corrected chi connectivity index (χ0v) is 19.8. The Labute approximate surface area is 199 Å². The second kappa shape index (κ2) is 12.6. The second-order valence-corrected chi connectivity index (χ2v) is 8.49. The van der Waals surface area contributed by atoms with Gasteiger partial charge in [-0.2, -0.15) is 0 Å². The number of nitrogens with one attached hydrogen (secondary N) is 2. The van der Waals surface area contributed by atoms with Gasteiger partial charge >= 0.3 is 0 Å². The van der Waals surface area contributed by atoms with Crippen molar-refractivity contribution in [3.05, 3.63) is 47.5 Å². The standard InChI is InChI=1S/C25H33N3O6/c1-16(2)19-14-20(22(30)15-21(19)29)25(33)28(3)18-10-8-9-17(13-18)26-23(31)11-6-4-5-7-12-24(32)27-34/h8-10,13-16,29-30,34H,4-7,11-12H2,1-3H3,(H,26,31)(H,27,32). The number of carbonyl (C=O) groups excluding carboxylic acids is 3. The minimum Gasteiger partial charge on any atom is -0.508 e. The zero-order chi connectivity index (χ0) is 25.3. The molecule has 2 aromatic carbocycles. The number of benzene rings is 2. The molecule has 0 aliphatic rings. The third-order valence-corrected chi connectivity index (χ3v) is 5.50. The Morgan fingerprint density at radius 1 is 0.912 bits per heavy atom. The highest BCUT2D eigenvalue weighted by atomic mass is 16.5. The van der Waals surface area contributed by atoms with Crippen molar-refractivity contribution in [1.82, 2.24) is 5.48 Å². The van der Waals surface area contributed by atoms with E-state index in [1.165, 1.54) is 17.0 Å². The molecule has 0 saturated carbocycles. The fourth-order valence-corrected chi connectivity index (χ4v) is 3.52. The molecule has 0 atom stereocenters. The van der Waals surface area contributed by atoms with Gasteiger partial charge in [-0.3, -0.25) is 19.6 Å². The summed E-state index contributed by atoms with van der Waals surface area (Å²) >= 11 is 0. The number of rotatable bonds is 11. The maximum absolute atomic E-state index is 13.0. The predicted molar refractivity (Wildman–Crippen MR) is 129 cm³/mol. The summed E-state index contributed by atoms with van der Waals surface area (Å²) in [4.78, 5) is 37.6. The maximum atomic E-state index is 13.0. The number of amides is 3. The number of hydrogen-bond acceptors (Lipinski definition) is 6. The van der Waals surface area contributed by atoms with Crippen molar-refractivity contribution in [2.45, 2.75) is 58.3 Å². The number of unbranched alkanes of at least 4 members (excludes halogenated alkanes) is 3. The number of nitrogens with zero attached hydrogens (tertiary/aromatic N) is 1. The Morgan fingerprint density at radius 3 is 2.18 bits per heavy atom. The summed E-state index contributed by atoms with van der Waals surface area (Å²) in [6, 6.07) is 9.50. The Morgan fingerprint density at radius 2 is 1.56 bits per heavy atom. The predicted octanol–water partition coefficient (Wildman–Crippen LogP) is 4.28. The second-order valence-electron chi connectivity index (χ2n) is 8.49. The van der Waals surface area contributed by atoms with Crippen LogP contribution in [-0.4, -0.2) is 40.2 Å². The number of hydroxylamine groups is 1. The van der Waals surface area contributed by atoms with E-state index in [9.17, 15) is 24.6 Å². The molecule has 184 valence electrons. The lowest BCUT2D eigenvalue weighted by Gasteiger charge is -2.20. The minimum atomic E-state index is -0.447. The minimum absolute atomic E-state index is 0.0314. The van der Waals surface area contributed by atoms with Gasteiger partial charge in [0, 0.05) is 37.3 Å². The molecular weight excluding hydrogens is 438 g/mol. The van der Waals surface area contributed by atoms with E-state index in [2.05, 4.69) is 5.32 Å². The van der Waals surface area contributed by atoms with Crippen molar-refractivity contribution < 1.29 is 29.8 Å². The van der Waals surface area contributed by atoms with Crippen LogP contribution in [0, 0.1) is 0 Å². The van der Waals surface area contributed by atoms with Crippen LogP contribution in [0.15, 0.2) is 36.4 Å². The zero-order valence-electron chi connectivity index (χ0n) is 19.8. The highest BCUT2D eigenvalue weighted by Gasteiger charge is 2.21. The summed E-state index contributed by atoms with van der Waals surface area (Å²) in [5.41, 5.74) is 3.30. The third kappa shape index (κ3) is 7.48. The first-order valence-corrected chi connectivity index (χ1v) is 11.3. The molecular formula is C25H33N3O6. The van der Waals surface area contributed by atoms with E-state index in [-0.39, 0.29) is 35.3 Å². The first-order chi connectivity index (χ1) is 16.1. The van der Waals surface area contributed by atoms with E-state index in [1.807, 2.05) is 13.8 Å². The van der Waals surface area contributed by atoms with Crippen molar-refractivity contribution in [1.29, 1.82) is 0 Å². The molecule has 5 N–H and O–H groups in total. The van der Waals surface area contributed by atoms with Crippen LogP contribution in [0.1, 0.15) is 74.2 Å². The Kier molecular flexibility index (Phi) is 9.88. The van der Waals surface area contributed by atoms with Crippen LogP contribution in [0.5, 0.6) is 11.5 Å². The molecule has 34 heavy (non-hydrogen) atoms. The lowest BCUT2D eigenvalue weighted by molar-refractivity contribution is -0.129. The monoisotopic (exact) mass is 471 g/mol. The number of phenols is 2. The molecule has 9 nitrogen and oxygen atoms in total. The fraction of sp³-hybridized carbons (Fsp3) is 0.400. The SMILES string of the molecule is CC(C)c1cc(C(=O)N(C)c2cccc(NC(=O)CCCCCCC(=O)NO)c2)c(O)cc1O. The van der Waals surface area contributed by atoms with Crippen LogP contribution in [-0.2, 0) is 9.59 Å². The van der Waals surface area contributed by atoms with Crippen LogP contribution >= 0.6 is 0 Å². The molecule has 0 aromatic heterocycles. The first kappa shape index (κ1) is 26.7. The van der Waals surface area contributed by atoms with Crippen molar-refractivity contribution in [2.24, 2.45) is 0 Å². The van der Waals surface area contributed by atoms with Gasteiger partial charge in [0.05, 0.1) is 5.56 Å². The average molecular weight is 472 g/mol. The molecule has 2 aromatic rings. The molecule has 0 unspecified atom stereocenters. The molecule has 0 heterocycles. The van der Waals surface area contributed by atoms with E-state index in [1.54, 1.807) is 36.8 Å². The van der Waals surface area contributed by atoms with Gasteiger partial charge in [0.15, 0.2) is 0 Å². The Hall–Kier alpha value is -3.59. The van der Waals surface area contributed by atoms with E-state index in [0.29, 0.717) is 36.2 Å². The summed E-state index contributed by atoms with van der Waals surface area (Å²) in [5.74, 6) is -1.42. The largest absolute Gasteiger partial charge is 0.508 e. The van der Waals surface area contributed by atoms with Crippen LogP contribution in [0.3, 0.4) is 0 Å². The van der Waals surface area contributed by atoms with Crippen LogP contribution in [0.2, 0.25) is 0 Å². The highest BCUT2D eigenvalue weighted by molar-refractivity contribution is 6.08. The molecule has 0 saturated heterocycles. The van der Waals surface area contributed by atoms with Crippen molar-refractivity contribution in [3.8, 4) is 11.5 Å². The lowest BCUT2D eigenvalue weighted by atomic mass is 9.98. The topological polar surface area (TPSA) is 139 Å². The lowest BCUT2D eigenvalue weighted by Crippen LogP contribution is -2.26. The van der Waals surface area contributed by atoms with Gasteiger partial charge in [0.1, 0.15) is 11.5 Å². The molecule has 0 radical (unpaired) electrons. The third-order valence-electron chi connectivity index (χ3n) is 5.50. The van der Waals surface area contributed by atoms with Crippen LogP contribution in [0.25, 0.3) is 0 Å². The summed E-state index contributed by atoms with van der Waals surface area (Å²) < 4.78 is 0. The molecule has 0 spiro atoms. The molecule has 0 fully saturated rings. The molecule has 9 heteroatoms. The number of hydrogen-bond donors (Lipinski definition) is 5. The molecule has 2 rings (SSSR count). The van der Waals surface area contributed by atoms with E-state index in [0.717, 1.165) is 12.8 Å². The average Bonchev–Trinajstić information content (AvgIpc) is 2.80. The molecule has 0 aliphatic carbocycles. The summed E-state index contributed by atoms with van der Waals surface area (Å²) in [5, 5.41) is 31.5. The van der Waals surface area contributed by atoms with Gasteiger partial charge in [0.25, 0.3) is 5.91 Å². The Balaban J connectivity index is 1.97.